The van der Waals surface area contributed by atoms with E-state index in [2.05, 4.69) is 18.8 Å². The van der Waals surface area contributed by atoms with Gasteiger partial charge in [-0.2, -0.15) is 0 Å². The van der Waals surface area contributed by atoms with Crippen LogP contribution in [-0.4, -0.2) is 18.6 Å². The van der Waals surface area contributed by atoms with E-state index in [4.69, 9.17) is 10.5 Å². The van der Waals surface area contributed by atoms with E-state index >= 15 is 0 Å². The number of hydrogen-bond acceptors (Lipinski definition) is 3. The van der Waals surface area contributed by atoms with Gasteiger partial charge in [0.15, 0.2) is 0 Å². The summed E-state index contributed by atoms with van der Waals surface area (Å²) < 4.78 is 5.48. The van der Waals surface area contributed by atoms with Crippen LogP contribution in [0, 0.1) is 17.8 Å². The summed E-state index contributed by atoms with van der Waals surface area (Å²) in [5.74, 6) is 3.41. The highest BCUT2D eigenvalue weighted by Gasteiger charge is 2.34. The highest BCUT2D eigenvalue weighted by molar-refractivity contribution is 5.31. The van der Waals surface area contributed by atoms with Crippen LogP contribution in [0.15, 0.2) is 18.3 Å². The van der Waals surface area contributed by atoms with Crippen LogP contribution in [0.25, 0.3) is 0 Å². The van der Waals surface area contributed by atoms with Crippen molar-refractivity contribution < 1.29 is 4.74 Å². The van der Waals surface area contributed by atoms with E-state index in [1.54, 1.807) is 7.11 Å². The SMILES string of the molecule is COc1cccnc1C1CC(C(C)C)CCC1CN. The highest BCUT2D eigenvalue weighted by Crippen LogP contribution is 2.44. The van der Waals surface area contributed by atoms with Crippen molar-refractivity contribution in [2.75, 3.05) is 13.7 Å². The fourth-order valence-corrected chi connectivity index (χ4v) is 3.34. The topological polar surface area (TPSA) is 48.1 Å². The van der Waals surface area contributed by atoms with Crippen molar-refractivity contribution >= 4 is 0 Å². The molecule has 1 aromatic rings. The maximum absolute atomic E-state index is 5.98. The number of hydrogen-bond donors (Lipinski definition) is 1. The lowest BCUT2D eigenvalue weighted by molar-refractivity contribution is 0.192. The van der Waals surface area contributed by atoms with E-state index in [0.29, 0.717) is 11.8 Å². The van der Waals surface area contributed by atoms with Gasteiger partial charge in [0.2, 0.25) is 0 Å². The number of aromatic nitrogens is 1. The van der Waals surface area contributed by atoms with Gasteiger partial charge >= 0.3 is 0 Å². The first kappa shape index (κ1) is 14.3. The third-order valence-electron chi connectivity index (χ3n) is 4.65. The smallest absolute Gasteiger partial charge is 0.140 e. The molecule has 0 radical (unpaired) electrons. The molecule has 106 valence electrons. The third-order valence-corrected chi connectivity index (χ3v) is 4.65. The van der Waals surface area contributed by atoms with Gasteiger partial charge in [-0.25, -0.2) is 0 Å². The van der Waals surface area contributed by atoms with Gasteiger partial charge in [0, 0.05) is 12.1 Å². The van der Waals surface area contributed by atoms with Crippen molar-refractivity contribution in [1.82, 2.24) is 4.98 Å². The van der Waals surface area contributed by atoms with Crippen molar-refractivity contribution in [3.8, 4) is 5.75 Å². The van der Waals surface area contributed by atoms with Crippen molar-refractivity contribution in [3.05, 3.63) is 24.0 Å². The summed E-state index contributed by atoms with van der Waals surface area (Å²) in [6, 6.07) is 3.94. The van der Waals surface area contributed by atoms with Gasteiger partial charge in [0.05, 0.1) is 12.8 Å². The highest BCUT2D eigenvalue weighted by atomic mass is 16.5. The van der Waals surface area contributed by atoms with E-state index in [9.17, 15) is 0 Å². The molecule has 1 aromatic heterocycles. The lowest BCUT2D eigenvalue weighted by atomic mass is 9.69. The first-order valence-corrected chi connectivity index (χ1v) is 7.36. The molecular formula is C16H26N2O. The molecule has 1 fully saturated rings. The Bertz CT molecular complexity index is 405. The molecule has 0 saturated heterocycles. The number of methoxy groups -OCH3 is 1. The number of nitrogens with zero attached hydrogens (tertiary/aromatic N) is 1. The molecule has 1 heterocycles. The van der Waals surface area contributed by atoms with E-state index in [1.165, 1.54) is 19.3 Å². The Morgan fingerprint density at radius 2 is 2.21 bits per heavy atom. The minimum Gasteiger partial charge on any atom is -0.495 e. The molecule has 1 saturated carbocycles. The number of rotatable bonds is 4. The van der Waals surface area contributed by atoms with Crippen LogP contribution in [0.5, 0.6) is 5.75 Å². The Morgan fingerprint density at radius 3 is 2.84 bits per heavy atom. The zero-order valence-corrected chi connectivity index (χ0v) is 12.3. The first-order chi connectivity index (χ1) is 9.17. The summed E-state index contributed by atoms with van der Waals surface area (Å²) in [6.07, 6.45) is 5.56. The van der Waals surface area contributed by atoms with Gasteiger partial charge in [0.1, 0.15) is 5.75 Å². The Hall–Kier alpha value is -1.09. The van der Waals surface area contributed by atoms with E-state index in [1.807, 2.05) is 18.3 Å². The molecule has 0 aliphatic heterocycles. The standard InChI is InChI=1S/C16H26N2O/c1-11(2)12-6-7-13(10-17)14(9-12)16-15(19-3)5-4-8-18-16/h4-5,8,11-14H,6-7,9-10,17H2,1-3H3. The third kappa shape index (κ3) is 3.08. The minimum atomic E-state index is 0.447. The van der Waals surface area contributed by atoms with Crippen LogP contribution in [0.4, 0.5) is 0 Å². The quantitative estimate of drug-likeness (QED) is 0.906. The van der Waals surface area contributed by atoms with Gasteiger partial charge in [-0.05, 0) is 55.7 Å². The average Bonchev–Trinajstić information content (AvgIpc) is 2.46. The maximum atomic E-state index is 5.98. The van der Waals surface area contributed by atoms with Crippen LogP contribution in [0.1, 0.15) is 44.7 Å². The van der Waals surface area contributed by atoms with E-state index < -0.39 is 0 Å². The number of ether oxygens (including phenoxy) is 1. The fourth-order valence-electron chi connectivity index (χ4n) is 3.34. The Morgan fingerprint density at radius 1 is 1.42 bits per heavy atom. The molecule has 3 unspecified atom stereocenters. The normalized spacial score (nSPS) is 27.5. The van der Waals surface area contributed by atoms with Crippen molar-refractivity contribution in [2.45, 2.75) is 39.0 Å². The molecule has 2 N–H and O–H groups in total. The van der Waals surface area contributed by atoms with Crippen LogP contribution >= 0.6 is 0 Å². The predicted molar refractivity (Wildman–Crippen MR) is 78.3 cm³/mol. The second-order valence-corrected chi connectivity index (χ2v) is 6.01. The van der Waals surface area contributed by atoms with E-state index in [-0.39, 0.29) is 0 Å². The van der Waals surface area contributed by atoms with Crippen molar-refractivity contribution in [3.63, 3.8) is 0 Å². The summed E-state index contributed by atoms with van der Waals surface area (Å²) in [5, 5.41) is 0. The molecule has 0 bridgehead atoms. The van der Waals surface area contributed by atoms with Crippen LogP contribution in [0.2, 0.25) is 0 Å². The van der Waals surface area contributed by atoms with Crippen molar-refractivity contribution in [2.24, 2.45) is 23.5 Å². The van der Waals surface area contributed by atoms with E-state index in [0.717, 1.165) is 29.8 Å². The Balaban J connectivity index is 2.27. The summed E-state index contributed by atoms with van der Waals surface area (Å²) in [4.78, 5) is 4.58. The van der Waals surface area contributed by atoms with Gasteiger partial charge in [-0.1, -0.05) is 13.8 Å². The Kier molecular flexibility index (Phi) is 4.81. The summed E-state index contributed by atoms with van der Waals surface area (Å²) in [5.41, 5.74) is 7.08. The predicted octanol–water partition coefficient (Wildman–Crippen LogP) is 3.20. The molecule has 0 aromatic carbocycles. The largest absolute Gasteiger partial charge is 0.495 e. The van der Waals surface area contributed by atoms with Crippen molar-refractivity contribution in [1.29, 1.82) is 0 Å². The van der Waals surface area contributed by atoms with Crippen LogP contribution < -0.4 is 10.5 Å². The maximum Gasteiger partial charge on any atom is 0.140 e. The lowest BCUT2D eigenvalue weighted by Crippen LogP contribution is -2.31. The molecule has 3 atom stereocenters. The fraction of sp³-hybridized carbons (Fsp3) is 0.688. The second kappa shape index (κ2) is 6.38. The number of nitrogens with two attached hydrogens (primary N) is 1. The lowest BCUT2D eigenvalue weighted by Gasteiger charge is -2.37. The zero-order chi connectivity index (χ0) is 13.8. The minimum absolute atomic E-state index is 0.447. The van der Waals surface area contributed by atoms with Gasteiger partial charge in [0.25, 0.3) is 0 Å². The summed E-state index contributed by atoms with van der Waals surface area (Å²) in [7, 11) is 1.72. The van der Waals surface area contributed by atoms with Gasteiger partial charge < -0.3 is 10.5 Å². The molecule has 3 nitrogen and oxygen atoms in total. The summed E-state index contributed by atoms with van der Waals surface area (Å²) >= 11 is 0. The zero-order valence-electron chi connectivity index (χ0n) is 12.3. The average molecular weight is 262 g/mol. The molecule has 2 rings (SSSR count). The molecule has 1 aliphatic carbocycles. The molecule has 19 heavy (non-hydrogen) atoms. The number of pyridine rings is 1. The molecule has 3 heteroatoms. The summed E-state index contributed by atoms with van der Waals surface area (Å²) in [6.45, 7) is 5.38. The molecule has 0 spiro atoms. The molecule has 0 amide bonds. The second-order valence-electron chi connectivity index (χ2n) is 6.01. The monoisotopic (exact) mass is 262 g/mol. The molecular weight excluding hydrogens is 236 g/mol. The Labute approximate surface area is 116 Å². The van der Waals surface area contributed by atoms with Crippen LogP contribution in [0.3, 0.4) is 0 Å². The van der Waals surface area contributed by atoms with Gasteiger partial charge in [-0.15, -0.1) is 0 Å². The van der Waals surface area contributed by atoms with Crippen LogP contribution in [-0.2, 0) is 0 Å². The van der Waals surface area contributed by atoms with Gasteiger partial charge in [-0.3, -0.25) is 4.98 Å². The molecule has 1 aliphatic rings. The first-order valence-electron chi connectivity index (χ1n) is 7.36.